The molecule has 4 nitrogen and oxygen atoms in total. The Morgan fingerprint density at radius 3 is 2.43 bits per heavy atom. The molecule has 4 atom stereocenters. The van der Waals surface area contributed by atoms with Gasteiger partial charge in [0.25, 0.3) is 0 Å². The molecule has 3 rings (SSSR count). The summed E-state index contributed by atoms with van der Waals surface area (Å²) in [5.74, 6) is 2.05. The van der Waals surface area contributed by atoms with Gasteiger partial charge in [0.05, 0.1) is 17.6 Å². The third-order valence-electron chi connectivity index (χ3n) is 4.58. The second kappa shape index (κ2) is 5.37. The van der Waals surface area contributed by atoms with E-state index in [9.17, 15) is 8.42 Å². The van der Waals surface area contributed by atoms with Crippen molar-refractivity contribution in [1.82, 2.24) is 0 Å². The van der Waals surface area contributed by atoms with Crippen LogP contribution in [0, 0.1) is 17.8 Å². The van der Waals surface area contributed by atoms with Crippen molar-refractivity contribution in [2.24, 2.45) is 17.8 Å². The highest BCUT2D eigenvalue weighted by molar-refractivity contribution is 7.92. The summed E-state index contributed by atoms with van der Waals surface area (Å²) in [4.78, 5) is 0. The van der Waals surface area contributed by atoms with Gasteiger partial charge in [-0.2, -0.15) is 0 Å². The van der Waals surface area contributed by atoms with E-state index in [2.05, 4.69) is 29.1 Å². The Kier molecular flexibility index (Phi) is 3.69. The van der Waals surface area contributed by atoms with Gasteiger partial charge in [-0.1, -0.05) is 24.3 Å². The molecule has 0 amide bonds. The van der Waals surface area contributed by atoms with Crippen LogP contribution in [0.15, 0.2) is 36.4 Å². The smallest absolute Gasteiger partial charge is 0.229 e. The van der Waals surface area contributed by atoms with Gasteiger partial charge in [-0.3, -0.25) is 4.72 Å². The van der Waals surface area contributed by atoms with Crippen molar-refractivity contribution in [3.63, 3.8) is 0 Å². The largest absolute Gasteiger partial charge is 0.381 e. The summed E-state index contributed by atoms with van der Waals surface area (Å²) in [5.41, 5.74) is 1.47. The van der Waals surface area contributed by atoms with Crippen LogP contribution in [0.1, 0.15) is 19.8 Å². The number of benzene rings is 1. The molecule has 1 saturated carbocycles. The van der Waals surface area contributed by atoms with Gasteiger partial charge in [0, 0.05) is 6.04 Å². The van der Waals surface area contributed by atoms with E-state index in [4.69, 9.17) is 0 Å². The van der Waals surface area contributed by atoms with Crippen LogP contribution in [0.25, 0.3) is 0 Å². The highest BCUT2D eigenvalue weighted by Gasteiger charge is 2.38. The van der Waals surface area contributed by atoms with Crippen molar-refractivity contribution >= 4 is 21.4 Å². The summed E-state index contributed by atoms with van der Waals surface area (Å²) >= 11 is 0. The summed E-state index contributed by atoms with van der Waals surface area (Å²) in [6, 6.07) is 7.80. The summed E-state index contributed by atoms with van der Waals surface area (Å²) in [6.07, 6.45) is 8.37. The predicted octanol–water partition coefficient (Wildman–Crippen LogP) is 3.07. The Morgan fingerprint density at radius 1 is 1.14 bits per heavy atom. The first kappa shape index (κ1) is 14.4. The van der Waals surface area contributed by atoms with Gasteiger partial charge in [0.15, 0.2) is 0 Å². The lowest BCUT2D eigenvalue weighted by Gasteiger charge is -2.28. The molecular formula is C16H22N2O2S. The van der Waals surface area contributed by atoms with Crippen LogP contribution < -0.4 is 10.0 Å². The summed E-state index contributed by atoms with van der Waals surface area (Å²) in [7, 11) is -3.26. The van der Waals surface area contributed by atoms with Crippen molar-refractivity contribution < 1.29 is 8.42 Å². The Labute approximate surface area is 126 Å². The zero-order valence-electron chi connectivity index (χ0n) is 12.4. The summed E-state index contributed by atoms with van der Waals surface area (Å²) < 4.78 is 25.5. The van der Waals surface area contributed by atoms with Gasteiger partial charge in [-0.15, -0.1) is 0 Å². The van der Waals surface area contributed by atoms with Crippen LogP contribution in [0.5, 0.6) is 0 Å². The molecule has 114 valence electrons. The molecule has 1 aromatic carbocycles. The van der Waals surface area contributed by atoms with Crippen molar-refractivity contribution in [3.8, 4) is 0 Å². The minimum absolute atomic E-state index is 0.326. The molecule has 2 aliphatic rings. The zero-order valence-corrected chi connectivity index (χ0v) is 13.2. The summed E-state index contributed by atoms with van der Waals surface area (Å²) in [5, 5.41) is 3.50. The first-order valence-electron chi connectivity index (χ1n) is 7.44. The highest BCUT2D eigenvalue weighted by atomic mass is 32.2. The molecular weight excluding hydrogens is 284 g/mol. The maximum atomic E-state index is 11.5. The molecule has 5 heteroatoms. The molecule has 1 fully saturated rings. The molecule has 0 radical (unpaired) electrons. The molecule has 0 aliphatic heterocycles. The number of allylic oxidation sites excluding steroid dienone is 2. The lowest BCUT2D eigenvalue weighted by atomic mass is 9.87. The molecule has 4 unspecified atom stereocenters. The van der Waals surface area contributed by atoms with Gasteiger partial charge in [0.1, 0.15) is 0 Å². The number of para-hydroxylation sites is 2. The Morgan fingerprint density at radius 2 is 1.86 bits per heavy atom. The Hall–Kier alpha value is -1.49. The van der Waals surface area contributed by atoms with E-state index in [0.29, 0.717) is 23.6 Å². The van der Waals surface area contributed by atoms with Crippen molar-refractivity contribution in [1.29, 1.82) is 0 Å². The van der Waals surface area contributed by atoms with Crippen LogP contribution in [0.3, 0.4) is 0 Å². The zero-order chi connectivity index (χ0) is 15.0. The molecule has 0 saturated heterocycles. The quantitative estimate of drug-likeness (QED) is 0.822. The fraction of sp³-hybridized carbons (Fsp3) is 0.500. The topological polar surface area (TPSA) is 58.2 Å². The van der Waals surface area contributed by atoms with Crippen molar-refractivity contribution in [2.75, 3.05) is 16.3 Å². The normalized spacial score (nSPS) is 28.6. The predicted molar refractivity (Wildman–Crippen MR) is 86.8 cm³/mol. The lowest BCUT2D eigenvalue weighted by molar-refractivity contribution is 0.400. The van der Waals surface area contributed by atoms with Crippen LogP contribution >= 0.6 is 0 Å². The lowest BCUT2D eigenvalue weighted by Crippen LogP contribution is -2.29. The van der Waals surface area contributed by atoms with E-state index >= 15 is 0 Å². The Balaban J connectivity index is 1.74. The average molecular weight is 306 g/mol. The second-order valence-electron chi connectivity index (χ2n) is 6.30. The number of fused-ring (bicyclic) bond motifs is 2. The van der Waals surface area contributed by atoms with E-state index in [1.165, 1.54) is 19.1 Å². The van der Waals surface area contributed by atoms with E-state index in [1.807, 2.05) is 18.2 Å². The molecule has 2 aliphatic carbocycles. The third-order valence-corrected chi connectivity index (χ3v) is 5.17. The van der Waals surface area contributed by atoms with Crippen LogP contribution in [-0.4, -0.2) is 20.7 Å². The van der Waals surface area contributed by atoms with Gasteiger partial charge >= 0.3 is 0 Å². The molecule has 21 heavy (non-hydrogen) atoms. The molecule has 0 heterocycles. The molecule has 0 spiro atoms. The van der Waals surface area contributed by atoms with E-state index < -0.39 is 10.0 Å². The molecule has 1 aromatic rings. The highest BCUT2D eigenvalue weighted by Crippen LogP contribution is 2.45. The number of hydrogen-bond acceptors (Lipinski definition) is 3. The maximum Gasteiger partial charge on any atom is 0.229 e. The van der Waals surface area contributed by atoms with E-state index in [0.717, 1.165) is 11.6 Å². The van der Waals surface area contributed by atoms with Gasteiger partial charge < -0.3 is 5.32 Å². The number of hydrogen-bond donors (Lipinski definition) is 2. The third kappa shape index (κ3) is 3.23. The monoisotopic (exact) mass is 306 g/mol. The fourth-order valence-electron chi connectivity index (χ4n) is 3.65. The SMILES string of the molecule is CC(Nc1ccccc1NS(C)(=O)=O)C1CC2C=CC1C2. The van der Waals surface area contributed by atoms with Gasteiger partial charge in [-0.05, 0) is 49.7 Å². The standard InChI is InChI=1S/C16H22N2O2S/c1-11(14-10-12-7-8-13(14)9-12)17-15-5-3-4-6-16(15)18-21(2,19)20/h3-8,11-14,17-18H,9-10H2,1-2H3. The number of sulfonamides is 1. The average Bonchev–Trinajstić information content (AvgIpc) is 3.01. The van der Waals surface area contributed by atoms with Crippen LogP contribution in [0.4, 0.5) is 11.4 Å². The second-order valence-corrected chi connectivity index (χ2v) is 8.05. The maximum absolute atomic E-state index is 11.5. The van der Waals surface area contributed by atoms with E-state index in [-0.39, 0.29) is 0 Å². The van der Waals surface area contributed by atoms with Gasteiger partial charge in [-0.25, -0.2) is 8.42 Å². The van der Waals surface area contributed by atoms with Crippen molar-refractivity contribution in [2.45, 2.75) is 25.8 Å². The summed E-state index contributed by atoms with van der Waals surface area (Å²) in [6.45, 7) is 2.19. The fourth-order valence-corrected chi connectivity index (χ4v) is 4.23. The minimum Gasteiger partial charge on any atom is -0.381 e. The number of nitrogens with one attached hydrogen (secondary N) is 2. The first-order chi connectivity index (χ1) is 9.92. The molecule has 2 bridgehead atoms. The first-order valence-corrected chi connectivity index (χ1v) is 9.33. The number of rotatable bonds is 5. The van der Waals surface area contributed by atoms with Crippen molar-refractivity contribution in [3.05, 3.63) is 36.4 Å². The Bertz CT molecular complexity index is 654. The van der Waals surface area contributed by atoms with Crippen LogP contribution in [0.2, 0.25) is 0 Å². The van der Waals surface area contributed by atoms with Gasteiger partial charge in [0.2, 0.25) is 10.0 Å². The van der Waals surface area contributed by atoms with E-state index in [1.54, 1.807) is 6.07 Å². The number of anilines is 2. The molecule has 2 N–H and O–H groups in total. The minimum atomic E-state index is -3.26. The molecule has 0 aromatic heterocycles. The van der Waals surface area contributed by atoms with Crippen LogP contribution in [-0.2, 0) is 10.0 Å².